The van der Waals surface area contributed by atoms with Gasteiger partial charge in [-0.25, -0.2) is 0 Å². The van der Waals surface area contributed by atoms with Gasteiger partial charge in [-0.2, -0.15) is 0 Å². The number of ether oxygens (including phenoxy) is 1. The van der Waals surface area contributed by atoms with Gasteiger partial charge < -0.3 is 9.64 Å². The van der Waals surface area contributed by atoms with Gasteiger partial charge in [-0.15, -0.1) is 0 Å². The van der Waals surface area contributed by atoms with Gasteiger partial charge in [0.2, 0.25) is 0 Å². The number of carbonyl (C=O) groups excluding carboxylic acids is 2. The first kappa shape index (κ1) is 20.0. The van der Waals surface area contributed by atoms with Crippen molar-refractivity contribution in [3.8, 4) is 0 Å². The Morgan fingerprint density at radius 3 is 2.47 bits per heavy atom. The van der Waals surface area contributed by atoms with Crippen molar-refractivity contribution in [2.45, 2.75) is 49.8 Å². The van der Waals surface area contributed by atoms with Crippen LogP contribution in [0.3, 0.4) is 0 Å². The van der Waals surface area contributed by atoms with Crippen LogP contribution < -0.4 is 4.90 Å². The molecule has 4 bridgehead atoms. The minimum atomic E-state index is -0.398. The molecular formula is C25H28BrNO3. The van der Waals surface area contributed by atoms with E-state index in [0.717, 1.165) is 35.7 Å². The highest BCUT2D eigenvalue weighted by Gasteiger charge is 2.60. The summed E-state index contributed by atoms with van der Waals surface area (Å²) in [7, 11) is 0. The predicted octanol–water partition coefficient (Wildman–Crippen LogP) is 5.47. The van der Waals surface area contributed by atoms with Gasteiger partial charge in [0.1, 0.15) is 0 Å². The van der Waals surface area contributed by atoms with Gasteiger partial charge in [-0.1, -0.05) is 52.3 Å². The number of esters is 1. The van der Waals surface area contributed by atoms with Crippen molar-refractivity contribution >= 4 is 44.3 Å². The number of nitrogens with zero attached hydrogens (tertiary/aromatic N) is 1. The zero-order valence-corrected chi connectivity index (χ0v) is 19.0. The van der Waals surface area contributed by atoms with Crippen LogP contribution in [0.2, 0.25) is 0 Å². The highest BCUT2D eigenvalue weighted by molar-refractivity contribution is 9.10. The van der Waals surface area contributed by atoms with Crippen LogP contribution in [0.25, 0.3) is 10.8 Å². The molecule has 0 aliphatic heterocycles. The smallest absolute Gasteiger partial charge is 0.312 e. The first-order chi connectivity index (χ1) is 14.4. The number of hydrogen-bond acceptors (Lipinski definition) is 3. The number of halogens is 1. The van der Waals surface area contributed by atoms with E-state index in [0.29, 0.717) is 18.4 Å². The van der Waals surface area contributed by atoms with Gasteiger partial charge in [-0.3, -0.25) is 9.59 Å². The Bertz CT molecular complexity index is 984. The molecule has 0 saturated heterocycles. The third-order valence-corrected chi connectivity index (χ3v) is 8.35. The molecule has 158 valence electrons. The molecule has 0 aromatic heterocycles. The molecule has 30 heavy (non-hydrogen) atoms. The average molecular weight is 470 g/mol. The lowest BCUT2D eigenvalue weighted by molar-refractivity contribution is -0.171. The zero-order valence-electron chi connectivity index (χ0n) is 17.4. The van der Waals surface area contributed by atoms with Crippen molar-refractivity contribution in [2.75, 3.05) is 18.1 Å². The highest BCUT2D eigenvalue weighted by Crippen LogP contribution is 2.64. The predicted molar refractivity (Wildman–Crippen MR) is 122 cm³/mol. The first-order valence-corrected chi connectivity index (χ1v) is 11.8. The molecule has 2 atom stereocenters. The molecule has 0 radical (unpaired) electrons. The SMILES string of the molecule is CCN(C(=O)COC(=O)C12C[C@H]3C[C@@H](CC(Br)(C3)C1)C2)c1cccc2ccccc12. The molecule has 1 amide bonds. The Kier molecular flexibility index (Phi) is 4.92. The fraction of sp³-hybridized carbons (Fsp3) is 0.520. The van der Waals surface area contributed by atoms with Crippen LogP contribution in [0.15, 0.2) is 42.5 Å². The summed E-state index contributed by atoms with van der Waals surface area (Å²) in [6.07, 6.45) is 6.27. The number of benzene rings is 2. The Hall–Kier alpha value is -1.88. The number of fused-ring (bicyclic) bond motifs is 1. The van der Waals surface area contributed by atoms with Gasteiger partial charge >= 0.3 is 5.97 Å². The highest BCUT2D eigenvalue weighted by atomic mass is 79.9. The van der Waals surface area contributed by atoms with Gasteiger partial charge in [0.25, 0.3) is 5.91 Å². The Balaban J connectivity index is 1.31. The van der Waals surface area contributed by atoms with E-state index in [4.69, 9.17) is 4.74 Å². The molecular weight excluding hydrogens is 442 g/mol. The number of likely N-dealkylation sites (N-methyl/N-ethyl adjacent to an activating group) is 1. The largest absolute Gasteiger partial charge is 0.455 e. The third kappa shape index (κ3) is 3.35. The topological polar surface area (TPSA) is 46.6 Å². The van der Waals surface area contributed by atoms with Crippen LogP contribution in [-0.4, -0.2) is 29.4 Å². The lowest BCUT2D eigenvalue weighted by Gasteiger charge is -2.58. The zero-order chi connectivity index (χ0) is 20.9. The summed E-state index contributed by atoms with van der Waals surface area (Å²) >= 11 is 3.95. The van der Waals surface area contributed by atoms with Crippen molar-refractivity contribution in [3.05, 3.63) is 42.5 Å². The van der Waals surface area contributed by atoms with Crippen molar-refractivity contribution in [1.82, 2.24) is 0 Å². The summed E-state index contributed by atoms with van der Waals surface area (Å²) in [6.45, 7) is 2.29. The second-order valence-electron chi connectivity index (χ2n) is 9.60. The third-order valence-electron chi connectivity index (χ3n) is 7.42. The van der Waals surface area contributed by atoms with Gasteiger partial charge in [0.05, 0.1) is 11.1 Å². The molecule has 0 spiro atoms. The van der Waals surface area contributed by atoms with Gasteiger partial charge in [0, 0.05) is 16.3 Å². The second kappa shape index (κ2) is 7.37. The van der Waals surface area contributed by atoms with E-state index in [1.54, 1.807) is 4.90 Å². The van der Waals surface area contributed by atoms with E-state index in [9.17, 15) is 9.59 Å². The molecule has 4 saturated carbocycles. The number of anilines is 1. The molecule has 4 fully saturated rings. The van der Waals surface area contributed by atoms with Crippen LogP contribution >= 0.6 is 15.9 Å². The standard InChI is InChI=1S/C25H28BrNO3/c1-2-27(21-9-5-7-19-6-3-4-8-20(19)21)22(28)15-30-23(29)24-11-17-10-18(12-24)14-25(26,13-17)16-24/h3-9,17-18H,2,10-16H2,1H3/t17-,18-,24?,25?/m1/s1. The Morgan fingerprint density at radius 1 is 1.07 bits per heavy atom. The maximum Gasteiger partial charge on any atom is 0.312 e. The van der Waals surface area contributed by atoms with E-state index >= 15 is 0 Å². The maximum absolute atomic E-state index is 13.2. The number of amides is 1. The molecule has 2 aromatic rings. The lowest BCUT2D eigenvalue weighted by atomic mass is 9.49. The summed E-state index contributed by atoms with van der Waals surface area (Å²) in [5.74, 6) is 0.886. The van der Waals surface area contributed by atoms with Crippen molar-refractivity contribution in [1.29, 1.82) is 0 Å². The van der Waals surface area contributed by atoms with Crippen molar-refractivity contribution in [2.24, 2.45) is 17.3 Å². The molecule has 6 rings (SSSR count). The van der Waals surface area contributed by atoms with Crippen LogP contribution in [0.4, 0.5) is 5.69 Å². The van der Waals surface area contributed by atoms with E-state index in [2.05, 4.69) is 15.9 Å². The Morgan fingerprint density at radius 2 is 1.77 bits per heavy atom. The van der Waals surface area contributed by atoms with E-state index in [1.165, 1.54) is 19.3 Å². The monoisotopic (exact) mass is 469 g/mol. The normalized spacial score (nSPS) is 31.7. The van der Waals surface area contributed by atoms with Crippen LogP contribution in [0.5, 0.6) is 0 Å². The van der Waals surface area contributed by atoms with E-state index in [-0.39, 0.29) is 22.8 Å². The fourth-order valence-corrected chi connectivity index (χ4v) is 8.12. The van der Waals surface area contributed by atoms with Crippen LogP contribution in [0.1, 0.15) is 45.4 Å². The summed E-state index contributed by atoms with van der Waals surface area (Å²) in [5, 5.41) is 2.12. The first-order valence-electron chi connectivity index (χ1n) is 11.1. The van der Waals surface area contributed by atoms with Crippen LogP contribution in [-0.2, 0) is 14.3 Å². The lowest BCUT2D eigenvalue weighted by Crippen LogP contribution is -2.56. The minimum Gasteiger partial charge on any atom is -0.455 e. The molecule has 4 aliphatic carbocycles. The number of hydrogen-bond donors (Lipinski definition) is 0. The molecule has 4 aliphatic rings. The van der Waals surface area contributed by atoms with Crippen molar-refractivity contribution < 1.29 is 14.3 Å². The molecule has 0 N–H and O–H groups in total. The molecule has 0 heterocycles. The van der Waals surface area contributed by atoms with Gasteiger partial charge in [-0.05, 0) is 68.7 Å². The molecule has 4 nitrogen and oxygen atoms in total. The quantitative estimate of drug-likeness (QED) is 0.430. The Labute approximate surface area is 186 Å². The summed E-state index contributed by atoms with van der Waals surface area (Å²) in [5.41, 5.74) is 0.468. The summed E-state index contributed by atoms with van der Waals surface area (Å²) in [4.78, 5) is 28.0. The maximum atomic E-state index is 13.2. The second-order valence-corrected chi connectivity index (χ2v) is 11.3. The van der Waals surface area contributed by atoms with Crippen molar-refractivity contribution in [3.63, 3.8) is 0 Å². The molecule has 5 heteroatoms. The van der Waals surface area contributed by atoms with E-state index in [1.807, 2.05) is 49.4 Å². The molecule has 0 unspecified atom stereocenters. The van der Waals surface area contributed by atoms with Gasteiger partial charge in [0.15, 0.2) is 6.61 Å². The number of rotatable bonds is 5. The van der Waals surface area contributed by atoms with Crippen LogP contribution in [0, 0.1) is 17.3 Å². The summed E-state index contributed by atoms with van der Waals surface area (Å²) < 4.78 is 5.79. The van der Waals surface area contributed by atoms with E-state index < -0.39 is 5.41 Å². The number of carbonyl (C=O) groups is 2. The fourth-order valence-electron chi connectivity index (χ4n) is 6.67. The molecule has 2 aromatic carbocycles. The number of alkyl halides is 1. The minimum absolute atomic E-state index is 0.0958. The summed E-state index contributed by atoms with van der Waals surface area (Å²) in [6, 6.07) is 14.0. The average Bonchev–Trinajstić information content (AvgIpc) is 2.71.